The zero-order valence-electron chi connectivity index (χ0n) is 13.4. The molecule has 0 fully saturated rings. The smallest absolute Gasteiger partial charge is 0.268 e. The highest BCUT2D eigenvalue weighted by Gasteiger charge is 2.13. The molecule has 0 spiro atoms. The summed E-state index contributed by atoms with van der Waals surface area (Å²) in [6.07, 6.45) is 0. The third-order valence-electron chi connectivity index (χ3n) is 4.00. The Bertz CT molecular complexity index is 945. The summed E-state index contributed by atoms with van der Waals surface area (Å²) in [5.74, 6) is -0.503. The van der Waals surface area contributed by atoms with E-state index in [1.54, 1.807) is 5.38 Å². The molecule has 3 aromatic rings. The number of hydrogen-bond acceptors (Lipinski definition) is 4. The maximum Gasteiger partial charge on any atom is 0.268 e. The highest BCUT2D eigenvalue weighted by atomic mass is 32.1. The standard InChI is InChI=1S/C18H16N4OS/c1-11-7-15(14-5-3-13(8-19)4-6-14)12(2)22(11)9-17-21-16(10-24-17)18(20)23/h3-7,10H,9H2,1-2H3,(H2,20,23). The number of nitrogens with zero attached hydrogens (tertiary/aromatic N) is 3. The molecule has 0 radical (unpaired) electrons. The molecule has 0 aliphatic heterocycles. The van der Waals surface area contributed by atoms with Crippen LogP contribution in [0, 0.1) is 25.2 Å². The van der Waals surface area contributed by atoms with Crippen LogP contribution in [-0.4, -0.2) is 15.5 Å². The van der Waals surface area contributed by atoms with E-state index in [4.69, 9.17) is 11.0 Å². The summed E-state index contributed by atoms with van der Waals surface area (Å²) in [6, 6.07) is 11.8. The SMILES string of the molecule is Cc1cc(-c2ccc(C#N)cc2)c(C)n1Cc1nc(C(N)=O)cs1. The molecule has 1 aromatic carbocycles. The van der Waals surface area contributed by atoms with Gasteiger partial charge in [0.2, 0.25) is 0 Å². The summed E-state index contributed by atoms with van der Waals surface area (Å²) >= 11 is 1.43. The summed E-state index contributed by atoms with van der Waals surface area (Å²) in [4.78, 5) is 15.5. The van der Waals surface area contributed by atoms with E-state index in [9.17, 15) is 4.79 Å². The molecule has 24 heavy (non-hydrogen) atoms. The van der Waals surface area contributed by atoms with E-state index in [1.807, 2.05) is 31.2 Å². The molecule has 6 heteroatoms. The number of nitrogens with two attached hydrogens (primary N) is 1. The number of primary amides is 1. The number of carbonyl (C=O) groups excluding carboxylic acids is 1. The predicted octanol–water partition coefficient (Wildman–Crippen LogP) is 3.25. The molecule has 0 aliphatic rings. The van der Waals surface area contributed by atoms with Crippen LogP contribution in [0.1, 0.15) is 32.4 Å². The molecule has 3 rings (SSSR count). The summed E-state index contributed by atoms with van der Waals surface area (Å²) in [6.45, 7) is 4.71. The summed E-state index contributed by atoms with van der Waals surface area (Å²) < 4.78 is 2.16. The number of benzene rings is 1. The Labute approximate surface area is 144 Å². The largest absolute Gasteiger partial charge is 0.364 e. The lowest BCUT2D eigenvalue weighted by Crippen LogP contribution is -2.11. The van der Waals surface area contributed by atoms with Crippen molar-refractivity contribution >= 4 is 17.2 Å². The maximum atomic E-state index is 11.2. The third-order valence-corrected chi connectivity index (χ3v) is 4.83. The summed E-state index contributed by atoms with van der Waals surface area (Å²) in [5, 5.41) is 11.4. The normalized spacial score (nSPS) is 10.5. The number of hydrogen-bond donors (Lipinski definition) is 1. The quantitative estimate of drug-likeness (QED) is 0.793. The molecule has 2 N–H and O–H groups in total. The van der Waals surface area contributed by atoms with Gasteiger partial charge in [0.15, 0.2) is 0 Å². The highest BCUT2D eigenvalue weighted by Crippen LogP contribution is 2.28. The van der Waals surface area contributed by atoms with Crippen molar-refractivity contribution in [3.05, 3.63) is 63.4 Å². The maximum absolute atomic E-state index is 11.2. The third kappa shape index (κ3) is 2.94. The van der Waals surface area contributed by atoms with E-state index in [1.165, 1.54) is 11.3 Å². The molecule has 0 aliphatic carbocycles. The van der Waals surface area contributed by atoms with Crippen molar-refractivity contribution in [2.75, 3.05) is 0 Å². The molecule has 1 amide bonds. The molecule has 0 atom stereocenters. The second-order valence-electron chi connectivity index (χ2n) is 5.55. The van der Waals surface area contributed by atoms with Crippen molar-refractivity contribution < 1.29 is 4.79 Å². The lowest BCUT2D eigenvalue weighted by atomic mass is 10.0. The Morgan fingerprint density at radius 2 is 2.04 bits per heavy atom. The Morgan fingerprint density at radius 3 is 2.62 bits per heavy atom. The molecule has 0 saturated carbocycles. The molecule has 0 saturated heterocycles. The van der Waals surface area contributed by atoms with Gasteiger partial charge in [0, 0.05) is 22.3 Å². The fourth-order valence-electron chi connectivity index (χ4n) is 2.69. The van der Waals surface area contributed by atoms with Crippen molar-refractivity contribution in [1.29, 1.82) is 5.26 Å². The van der Waals surface area contributed by atoms with Crippen molar-refractivity contribution in [2.45, 2.75) is 20.4 Å². The second-order valence-corrected chi connectivity index (χ2v) is 6.49. The number of rotatable bonds is 4. The van der Waals surface area contributed by atoms with Gasteiger partial charge in [-0.2, -0.15) is 5.26 Å². The highest BCUT2D eigenvalue weighted by molar-refractivity contribution is 7.09. The van der Waals surface area contributed by atoms with Gasteiger partial charge in [-0.05, 0) is 37.6 Å². The fourth-order valence-corrected chi connectivity index (χ4v) is 3.46. The van der Waals surface area contributed by atoms with Crippen LogP contribution in [0.2, 0.25) is 0 Å². The average molecular weight is 336 g/mol. The van der Waals surface area contributed by atoms with Crippen LogP contribution < -0.4 is 5.73 Å². The molecular weight excluding hydrogens is 320 g/mol. The van der Waals surface area contributed by atoms with E-state index < -0.39 is 5.91 Å². The zero-order valence-corrected chi connectivity index (χ0v) is 14.2. The van der Waals surface area contributed by atoms with E-state index in [0.29, 0.717) is 17.8 Å². The van der Waals surface area contributed by atoms with Gasteiger partial charge in [-0.15, -0.1) is 11.3 Å². The molecule has 2 aromatic heterocycles. The van der Waals surface area contributed by atoms with E-state index in [0.717, 1.165) is 27.5 Å². The minimum atomic E-state index is -0.503. The lowest BCUT2D eigenvalue weighted by molar-refractivity contribution is 0.0996. The first-order chi connectivity index (χ1) is 11.5. The number of aryl methyl sites for hydroxylation is 1. The fraction of sp³-hybridized carbons (Fsp3) is 0.167. The predicted molar refractivity (Wildman–Crippen MR) is 93.8 cm³/mol. The van der Waals surface area contributed by atoms with Crippen LogP contribution in [0.3, 0.4) is 0 Å². The van der Waals surface area contributed by atoms with Gasteiger partial charge in [0.25, 0.3) is 5.91 Å². The van der Waals surface area contributed by atoms with Crippen LogP contribution in [0.5, 0.6) is 0 Å². The molecule has 5 nitrogen and oxygen atoms in total. The lowest BCUT2D eigenvalue weighted by Gasteiger charge is -2.08. The Balaban J connectivity index is 1.93. The number of carbonyl (C=O) groups is 1. The van der Waals surface area contributed by atoms with Gasteiger partial charge in [0.1, 0.15) is 10.7 Å². The van der Waals surface area contributed by atoms with Gasteiger partial charge < -0.3 is 10.3 Å². The average Bonchev–Trinajstić information content (AvgIpc) is 3.15. The van der Waals surface area contributed by atoms with Crippen molar-refractivity contribution in [3.8, 4) is 17.2 Å². The van der Waals surface area contributed by atoms with Crippen molar-refractivity contribution in [3.63, 3.8) is 0 Å². The number of amides is 1. The molecule has 0 bridgehead atoms. The number of nitriles is 1. The van der Waals surface area contributed by atoms with Crippen LogP contribution in [-0.2, 0) is 6.54 Å². The van der Waals surface area contributed by atoms with E-state index >= 15 is 0 Å². The minimum Gasteiger partial charge on any atom is -0.364 e. The summed E-state index contributed by atoms with van der Waals surface area (Å²) in [5.41, 5.74) is 10.7. The molecular formula is C18H16N4OS. The van der Waals surface area contributed by atoms with E-state index in [-0.39, 0.29) is 0 Å². The minimum absolute atomic E-state index is 0.310. The van der Waals surface area contributed by atoms with Crippen LogP contribution in [0.4, 0.5) is 0 Å². The molecule has 2 heterocycles. The number of aromatic nitrogens is 2. The number of thiazole rings is 1. The molecule has 0 unspecified atom stereocenters. The van der Waals surface area contributed by atoms with Crippen molar-refractivity contribution in [1.82, 2.24) is 9.55 Å². The Morgan fingerprint density at radius 1 is 1.33 bits per heavy atom. The molecule has 120 valence electrons. The zero-order chi connectivity index (χ0) is 17.3. The Hall–Kier alpha value is -2.91. The first-order valence-corrected chi connectivity index (χ1v) is 8.29. The van der Waals surface area contributed by atoms with Crippen LogP contribution in [0.15, 0.2) is 35.7 Å². The topological polar surface area (TPSA) is 84.7 Å². The second kappa shape index (κ2) is 6.30. The monoisotopic (exact) mass is 336 g/mol. The van der Waals surface area contributed by atoms with Gasteiger partial charge >= 0.3 is 0 Å². The Kier molecular flexibility index (Phi) is 4.19. The van der Waals surface area contributed by atoms with Crippen molar-refractivity contribution in [2.24, 2.45) is 5.73 Å². The van der Waals surface area contributed by atoms with Gasteiger partial charge in [-0.3, -0.25) is 4.79 Å². The van der Waals surface area contributed by atoms with E-state index in [2.05, 4.69) is 28.6 Å². The van der Waals surface area contributed by atoms with Gasteiger partial charge in [-0.1, -0.05) is 12.1 Å². The van der Waals surface area contributed by atoms with Gasteiger partial charge in [-0.25, -0.2) is 4.98 Å². The first-order valence-electron chi connectivity index (χ1n) is 7.41. The summed E-state index contributed by atoms with van der Waals surface area (Å²) in [7, 11) is 0. The van der Waals surface area contributed by atoms with Gasteiger partial charge in [0.05, 0.1) is 18.2 Å². The van der Waals surface area contributed by atoms with Crippen LogP contribution >= 0.6 is 11.3 Å². The van der Waals surface area contributed by atoms with Crippen LogP contribution in [0.25, 0.3) is 11.1 Å². The first kappa shape index (κ1) is 16.0.